The molecule has 3 rings (SSSR count). The van der Waals surface area contributed by atoms with Gasteiger partial charge in [0.05, 0.1) is 18.5 Å². The van der Waals surface area contributed by atoms with Crippen molar-refractivity contribution in [3.63, 3.8) is 0 Å². The molecule has 0 spiro atoms. The standard InChI is InChI=1S/C24H28FN7O.HI/c1-28-24(30-15-13-17-5-11-20(33-2)12-6-17)29-14-3-4-22-21(16-26)23(27)32(31-22)19-9-7-18(25)8-10-19;/h5-12H,3-4,13-15,27H2,1-2H3,(H2,28,29,30);1H. The largest absolute Gasteiger partial charge is 0.497 e. The van der Waals surface area contributed by atoms with Crippen LogP contribution in [0.4, 0.5) is 10.2 Å². The van der Waals surface area contributed by atoms with Crippen LogP contribution in [0, 0.1) is 17.1 Å². The Bertz CT molecular complexity index is 1120. The highest BCUT2D eigenvalue weighted by Gasteiger charge is 2.16. The first-order valence-corrected chi connectivity index (χ1v) is 10.7. The Labute approximate surface area is 216 Å². The molecule has 0 bridgehead atoms. The molecule has 2 aromatic carbocycles. The minimum atomic E-state index is -0.345. The maximum Gasteiger partial charge on any atom is 0.190 e. The van der Waals surface area contributed by atoms with Gasteiger partial charge in [-0.05, 0) is 61.2 Å². The molecular weight excluding hydrogens is 548 g/mol. The number of guanidine groups is 1. The molecule has 180 valence electrons. The highest BCUT2D eigenvalue weighted by atomic mass is 127. The topological polar surface area (TPSA) is 113 Å². The number of rotatable bonds is 9. The van der Waals surface area contributed by atoms with Crippen LogP contribution in [-0.4, -0.2) is 43.0 Å². The van der Waals surface area contributed by atoms with E-state index < -0.39 is 0 Å². The highest BCUT2D eigenvalue weighted by Crippen LogP contribution is 2.21. The van der Waals surface area contributed by atoms with Crippen molar-refractivity contribution in [2.24, 2.45) is 4.99 Å². The van der Waals surface area contributed by atoms with E-state index in [1.807, 2.05) is 24.3 Å². The predicted octanol–water partition coefficient (Wildman–Crippen LogP) is 3.43. The van der Waals surface area contributed by atoms with Crippen molar-refractivity contribution >= 4 is 35.8 Å². The van der Waals surface area contributed by atoms with E-state index in [-0.39, 0.29) is 35.6 Å². The average Bonchev–Trinajstić information content (AvgIpc) is 3.16. The molecule has 1 heterocycles. The van der Waals surface area contributed by atoms with Gasteiger partial charge < -0.3 is 21.1 Å². The third kappa shape index (κ3) is 7.08. The summed E-state index contributed by atoms with van der Waals surface area (Å²) < 4.78 is 19.9. The zero-order chi connectivity index (χ0) is 23.6. The van der Waals surface area contributed by atoms with Crippen LogP contribution in [0.2, 0.25) is 0 Å². The van der Waals surface area contributed by atoms with Gasteiger partial charge in [-0.15, -0.1) is 24.0 Å². The number of aliphatic imine (C=N–C) groups is 1. The molecule has 34 heavy (non-hydrogen) atoms. The van der Waals surface area contributed by atoms with Gasteiger partial charge in [-0.25, -0.2) is 9.07 Å². The van der Waals surface area contributed by atoms with Crippen LogP contribution in [0.15, 0.2) is 53.5 Å². The van der Waals surface area contributed by atoms with E-state index in [0.29, 0.717) is 35.9 Å². The fourth-order valence-electron chi connectivity index (χ4n) is 3.35. The lowest BCUT2D eigenvalue weighted by Gasteiger charge is -2.12. The van der Waals surface area contributed by atoms with Crippen LogP contribution in [0.1, 0.15) is 23.2 Å². The quantitative estimate of drug-likeness (QED) is 0.156. The number of nitrogens with zero attached hydrogens (tertiary/aromatic N) is 4. The molecule has 0 aliphatic carbocycles. The van der Waals surface area contributed by atoms with E-state index in [9.17, 15) is 9.65 Å². The number of aryl methyl sites for hydroxylation is 1. The maximum absolute atomic E-state index is 13.2. The molecule has 10 heteroatoms. The molecule has 8 nitrogen and oxygen atoms in total. The summed E-state index contributed by atoms with van der Waals surface area (Å²) in [6.07, 6.45) is 2.15. The summed E-state index contributed by atoms with van der Waals surface area (Å²) in [6, 6.07) is 15.9. The average molecular weight is 577 g/mol. The van der Waals surface area contributed by atoms with E-state index in [4.69, 9.17) is 10.5 Å². The van der Waals surface area contributed by atoms with E-state index in [1.165, 1.54) is 22.4 Å². The smallest absolute Gasteiger partial charge is 0.190 e. The lowest BCUT2D eigenvalue weighted by atomic mass is 10.1. The van der Waals surface area contributed by atoms with Crippen LogP contribution in [0.5, 0.6) is 5.75 Å². The highest BCUT2D eigenvalue weighted by molar-refractivity contribution is 14.0. The van der Waals surface area contributed by atoms with Crippen LogP contribution in [-0.2, 0) is 12.8 Å². The summed E-state index contributed by atoms with van der Waals surface area (Å²) in [5.41, 5.74) is 8.89. The molecule has 0 radical (unpaired) electrons. The molecule has 0 saturated heterocycles. The number of nitriles is 1. The number of aromatic nitrogens is 2. The number of ether oxygens (including phenoxy) is 1. The minimum absolute atomic E-state index is 0. The van der Waals surface area contributed by atoms with E-state index in [1.54, 1.807) is 26.3 Å². The van der Waals surface area contributed by atoms with Crippen LogP contribution in [0.25, 0.3) is 5.69 Å². The normalized spacial score (nSPS) is 10.8. The van der Waals surface area contributed by atoms with Crippen LogP contribution < -0.4 is 21.1 Å². The number of nitrogens with two attached hydrogens (primary N) is 1. The van der Waals surface area contributed by atoms with Gasteiger partial charge in [0.2, 0.25) is 0 Å². The number of hydrogen-bond acceptors (Lipinski definition) is 5. The molecule has 0 fully saturated rings. The number of nitrogens with one attached hydrogen (secondary N) is 2. The molecule has 0 aliphatic heterocycles. The lowest BCUT2D eigenvalue weighted by molar-refractivity contribution is 0.414. The Morgan fingerprint density at radius 2 is 1.79 bits per heavy atom. The van der Waals surface area contributed by atoms with Crippen molar-refractivity contribution in [2.75, 3.05) is 33.0 Å². The molecule has 4 N–H and O–H groups in total. The Balaban J connectivity index is 0.00000408. The summed E-state index contributed by atoms with van der Waals surface area (Å²) in [7, 11) is 3.38. The number of benzene rings is 2. The van der Waals surface area contributed by atoms with Crippen molar-refractivity contribution < 1.29 is 9.13 Å². The molecular formula is C24H29FIN7O. The van der Waals surface area contributed by atoms with Gasteiger partial charge in [0, 0.05) is 20.1 Å². The molecule has 0 aliphatic rings. The van der Waals surface area contributed by atoms with Crippen molar-refractivity contribution in [1.82, 2.24) is 20.4 Å². The zero-order valence-corrected chi connectivity index (χ0v) is 21.5. The minimum Gasteiger partial charge on any atom is -0.497 e. The first-order valence-electron chi connectivity index (χ1n) is 10.7. The second kappa shape index (κ2) is 13.4. The molecule has 1 aromatic heterocycles. The molecule has 0 atom stereocenters. The number of hydrogen-bond donors (Lipinski definition) is 3. The second-order valence-electron chi connectivity index (χ2n) is 7.33. The Morgan fingerprint density at radius 3 is 2.41 bits per heavy atom. The third-order valence-electron chi connectivity index (χ3n) is 5.15. The maximum atomic E-state index is 13.2. The second-order valence-corrected chi connectivity index (χ2v) is 7.33. The zero-order valence-electron chi connectivity index (χ0n) is 19.2. The van der Waals surface area contributed by atoms with E-state index >= 15 is 0 Å². The Kier molecular flexibility index (Phi) is 10.6. The summed E-state index contributed by atoms with van der Waals surface area (Å²) in [6.45, 7) is 1.39. The number of methoxy groups -OCH3 is 1. The third-order valence-corrected chi connectivity index (χ3v) is 5.15. The van der Waals surface area contributed by atoms with Gasteiger partial charge in [0.15, 0.2) is 5.96 Å². The molecule has 0 unspecified atom stereocenters. The number of halogens is 2. The van der Waals surface area contributed by atoms with Gasteiger partial charge in [0.1, 0.15) is 29.0 Å². The fourth-order valence-corrected chi connectivity index (χ4v) is 3.35. The van der Waals surface area contributed by atoms with Crippen LogP contribution in [0.3, 0.4) is 0 Å². The summed E-state index contributed by atoms with van der Waals surface area (Å²) in [5.74, 6) is 1.46. The fraction of sp³-hybridized carbons (Fsp3) is 0.292. The summed E-state index contributed by atoms with van der Waals surface area (Å²) in [5, 5.41) is 20.6. The predicted molar refractivity (Wildman–Crippen MR) is 142 cm³/mol. The first-order chi connectivity index (χ1) is 16.0. The van der Waals surface area contributed by atoms with E-state index in [2.05, 4.69) is 26.8 Å². The lowest BCUT2D eigenvalue weighted by Crippen LogP contribution is -2.38. The number of anilines is 1. The van der Waals surface area contributed by atoms with Gasteiger partial charge in [0.25, 0.3) is 0 Å². The van der Waals surface area contributed by atoms with Gasteiger partial charge in [-0.1, -0.05) is 12.1 Å². The Hall–Kier alpha value is -3.33. The summed E-state index contributed by atoms with van der Waals surface area (Å²) in [4.78, 5) is 4.24. The van der Waals surface area contributed by atoms with Crippen LogP contribution >= 0.6 is 24.0 Å². The number of nitrogen functional groups attached to an aromatic ring is 1. The molecule has 0 saturated carbocycles. The first kappa shape index (κ1) is 26.9. The SMILES string of the molecule is CN=C(NCCCc1nn(-c2ccc(F)cc2)c(N)c1C#N)NCCc1ccc(OC)cc1.I. The Morgan fingerprint density at radius 1 is 1.12 bits per heavy atom. The van der Waals surface area contributed by atoms with Crippen molar-refractivity contribution in [1.29, 1.82) is 5.26 Å². The molecule has 0 amide bonds. The van der Waals surface area contributed by atoms with Gasteiger partial charge in [-0.2, -0.15) is 10.4 Å². The van der Waals surface area contributed by atoms with Crippen molar-refractivity contribution in [2.45, 2.75) is 19.3 Å². The molecule has 3 aromatic rings. The van der Waals surface area contributed by atoms with Crippen molar-refractivity contribution in [3.8, 4) is 17.5 Å². The van der Waals surface area contributed by atoms with Crippen molar-refractivity contribution in [3.05, 3.63) is 71.2 Å². The summed E-state index contributed by atoms with van der Waals surface area (Å²) >= 11 is 0. The van der Waals surface area contributed by atoms with Gasteiger partial charge in [-0.3, -0.25) is 4.99 Å². The monoisotopic (exact) mass is 577 g/mol. The van der Waals surface area contributed by atoms with E-state index in [0.717, 1.165) is 25.1 Å². The van der Waals surface area contributed by atoms with Gasteiger partial charge >= 0.3 is 0 Å².